The van der Waals surface area contributed by atoms with E-state index < -0.39 is 5.54 Å². The van der Waals surface area contributed by atoms with E-state index in [0.29, 0.717) is 11.4 Å². The van der Waals surface area contributed by atoms with Crippen LogP contribution in [0.2, 0.25) is 0 Å². The van der Waals surface area contributed by atoms with E-state index in [0.717, 1.165) is 5.56 Å². The molecule has 4 heteroatoms. The zero-order valence-electron chi connectivity index (χ0n) is 8.45. The summed E-state index contributed by atoms with van der Waals surface area (Å²) < 4.78 is 5.06. The number of aliphatic hydroxyl groups is 1. The Morgan fingerprint density at radius 3 is 2.64 bits per heavy atom. The molecule has 0 spiro atoms. The number of hydrogen-bond donors (Lipinski definition) is 3. The van der Waals surface area contributed by atoms with Crippen LogP contribution in [0.4, 0.5) is 5.69 Å². The maximum Gasteiger partial charge on any atom is 0.142 e. The van der Waals surface area contributed by atoms with Crippen LogP contribution in [0.25, 0.3) is 0 Å². The summed E-state index contributed by atoms with van der Waals surface area (Å²) in [6, 6.07) is 5.24. The van der Waals surface area contributed by atoms with Crippen molar-refractivity contribution >= 4 is 5.69 Å². The molecule has 0 aliphatic carbocycles. The minimum absolute atomic E-state index is 0.125. The van der Waals surface area contributed by atoms with Crippen LogP contribution < -0.4 is 16.2 Å². The fraction of sp³-hybridized carbons (Fsp3) is 0.400. The summed E-state index contributed by atoms with van der Waals surface area (Å²) in [4.78, 5) is 0. The molecule has 0 aromatic heterocycles. The van der Waals surface area contributed by atoms with Crippen molar-refractivity contribution in [1.29, 1.82) is 0 Å². The second-order valence-corrected chi connectivity index (χ2v) is 3.53. The second kappa shape index (κ2) is 3.86. The fourth-order valence-electron chi connectivity index (χ4n) is 1.16. The standard InChI is InChI=1S/C10H16N2O2/c1-10(12,6-13)7-3-4-8(11)9(5-7)14-2/h3-5,13H,6,11-12H2,1-2H3/t10-/m1/s1. The Morgan fingerprint density at radius 1 is 1.50 bits per heavy atom. The van der Waals surface area contributed by atoms with Crippen LogP contribution >= 0.6 is 0 Å². The topological polar surface area (TPSA) is 81.5 Å². The minimum Gasteiger partial charge on any atom is -0.495 e. The van der Waals surface area contributed by atoms with E-state index in [9.17, 15) is 0 Å². The summed E-state index contributed by atoms with van der Waals surface area (Å²) in [5.41, 5.74) is 12.1. The molecular weight excluding hydrogens is 180 g/mol. The molecule has 14 heavy (non-hydrogen) atoms. The van der Waals surface area contributed by atoms with E-state index in [4.69, 9.17) is 21.3 Å². The van der Waals surface area contributed by atoms with Crippen LogP contribution in [-0.2, 0) is 5.54 Å². The predicted octanol–water partition coefficient (Wildman–Crippen LogP) is 0.444. The van der Waals surface area contributed by atoms with E-state index in [1.165, 1.54) is 0 Å². The molecule has 78 valence electrons. The molecule has 0 unspecified atom stereocenters. The highest BCUT2D eigenvalue weighted by atomic mass is 16.5. The molecule has 0 saturated heterocycles. The highest BCUT2D eigenvalue weighted by molar-refractivity contribution is 5.54. The van der Waals surface area contributed by atoms with Crippen molar-refractivity contribution in [2.24, 2.45) is 5.73 Å². The van der Waals surface area contributed by atoms with Gasteiger partial charge in [0.2, 0.25) is 0 Å². The summed E-state index contributed by atoms with van der Waals surface area (Å²) >= 11 is 0. The smallest absolute Gasteiger partial charge is 0.142 e. The van der Waals surface area contributed by atoms with E-state index in [-0.39, 0.29) is 6.61 Å². The van der Waals surface area contributed by atoms with Gasteiger partial charge in [0.15, 0.2) is 0 Å². The summed E-state index contributed by atoms with van der Waals surface area (Å²) in [5, 5.41) is 9.08. The SMILES string of the molecule is COc1cc([C@](C)(N)CO)ccc1N. The van der Waals surface area contributed by atoms with Crippen molar-refractivity contribution in [3.8, 4) is 5.75 Å². The first-order chi connectivity index (χ1) is 6.51. The molecule has 0 fully saturated rings. The van der Waals surface area contributed by atoms with E-state index in [1.54, 1.807) is 32.2 Å². The van der Waals surface area contributed by atoms with Crippen LogP contribution in [0, 0.1) is 0 Å². The summed E-state index contributed by atoms with van der Waals surface area (Å²) in [7, 11) is 1.54. The molecule has 1 aromatic carbocycles. The van der Waals surface area contributed by atoms with Crippen molar-refractivity contribution in [3.05, 3.63) is 23.8 Å². The van der Waals surface area contributed by atoms with Crippen molar-refractivity contribution in [2.75, 3.05) is 19.5 Å². The van der Waals surface area contributed by atoms with Crippen molar-refractivity contribution in [1.82, 2.24) is 0 Å². The lowest BCUT2D eigenvalue weighted by atomic mass is 9.94. The van der Waals surface area contributed by atoms with Gasteiger partial charge in [-0.25, -0.2) is 0 Å². The van der Waals surface area contributed by atoms with E-state index >= 15 is 0 Å². The number of hydrogen-bond acceptors (Lipinski definition) is 4. The zero-order valence-corrected chi connectivity index (χ0v) is 8.45. The van der Waals surface area contributed by atoms with Gasteiger partial charge in [-0.15, -0.1) is 0 Å². The molecule has 0 amide bonds. The predicted molar refractivity (Wildman–Crippen MR) is 56.0 cm³/mol. The van der Waals surface area contributed by atoms with Gasteiger partial charge in [0.05, 0.1) is 24.9 Å². The summed E-state index contributed by atoms with van der Waals surface area (Å²) in [6.07, 6.45) is 0. The van der Waals surface area contributed by atoms with Crippen LogP contribution in [0.15, 0.2) is 18.2 Å². The lowest BCUT2D eigenvalue weighted by Gasteiger charge is -2.23. The molecule has 0 bridgehead atoms. The van der Waals surface area contributed by atoms with Crippen LogP contribution in [0.1, 0.15) is 12.5 Å². The lowest BCUT2D eigenvalue weighted by molar-refractivity contribution is 0.210. The average molecular weight is 196 g/mol. The molecule has 0 aliphatic heterocycles. The van der Waals surface area contributed by atoms with E-state index in [1.807, 2.05) is 0 Å². The first-order valence-electron chi connectivity index (χ1n) is 4.35. The Labute approximate surface area is 83.5 Å². The van der Waals surface area contributed by atoms with Crippen LogP contribution in [-0.4, -0.2) is 18.8 Å². The van der Waals surface area contributed by atoms with Crippen molar-refractivity contribution < 1.29 is 9.84 Å². The molecule has 1 aromatic rings. The number of aliphatic hydroxyl groups excluding tert-OH is 1. The number of nitrogen functional groups attached to an aromatic ring is 1. The lowest BCUT2D eigenvalue weighted by Crippen LogP contribution is -2.36. The highest BCUT2D eigenvalue weighted by Crippen LogP contribution is 2.27. The van der Waals surface area contributed by atoms with Crippen molar-refractivity contribution in [3.63, 3.8) is 0 Å². The maximum absolute atomic E-state index is 9.08. The Kier molecular flexibility index (Phi) is 2.98. The van der Waals surface area contributed by atoms with Crippen molar-refractivity contribution in [2.45, 2.75) is 12.5 Å². The van der Waals surface area contributed by atoms with E-state index in [2.05, 4.69) is 0 Å². The largest absolute Gasteiger partial charge is 0.495 e. The third-order valence-corrected chi connectivity index (χ3v) is 2.22. The minimum atomic E-state index is -0.763. The van der Waals surface area contributed by atoms with Gasteiger partial charge in [-0.1, -0.05) is 6.07 Å². The van der Waals surface area contributed by atoms with Gasteiger partial charge in [0, 0.05) is 0 Å². The maximum atomic E-state index is 9.08. The number of ether oxygens (including phenoxy) is 1. The van der Waals surface area contributed by atoms with Gasteiger partial charge in [-0.05, 0) is 24.6 Å². The van der Waals surface area contributed by atoms with Crippen LogP contribution in [0.3, 0.4) is 0 Å². The van der Waals surface area contributed by atoms with Gasteiger partial charge in [-0.2, -0.15) is 0 Å². The Balaban J connectivity index is 3.12. The molecule has 0 saturated carbocycles. The average Bonchev–Trinajstić information content (AvgIpc) is 2.18. The highest BCUT2D eigenvalue weighted by Gasteiger charge is 2.20. The first-order valence-corrected chi connectivity index (χ1v) is 4.35. The number of anilines is 1. The summed E-state index contributed by atoms with van der Waals surface area (Å²) in [6.45, 7) is 1.62. The molecule has 5 N–H and O–H groups in total. The fourth-order valence-corrected chi connectivity index (χ4v) is 1.16. The quantitative estimate of drug-likeness (QED) is 0.613. The van der Waals surface area contributed by atoms with Crippen LogP contribution in [0.5, 0.6) is 5.75 Å². The summed E-state index contributed by atoms with van der Waals surface area (Å²) in [5.74, 6) is 0.577. The molecular formula is C10H16N2O2. The van der Waals surface area contributed by atoms with Gasteiger partial charge >= 0.3 is 0 Å². The van der Waals surface area contributed by atoms with Gasteiger partial charge in [0.1, 0.15) is 5.75 Å². The number of benzene rings is 1. The number of rotatable bonds is 3. The molecule has 4 nitrogen and oxygen atoms in total. The normalized spacial score (nSPS) is 14.9. The zero-order chi connectivity index (χ0) is 10.8. The molecule has 0 heterocycles. The first kappa shape index (κ1) is 10.8. The molecule has 1 atom stereocenters. The second-order valence-electron chi connectivity index (χ2n) is 3.53. The monoisotopic (exact) mass is 196 g/mol. The Bertz CT molecular complexity index is 324. The van der Waals surface area contributed by atoms with Gasteiger partial charge in [-0.3, -0.25) is 0 Å². The number of methoxy groups -OCH3 is 1. The van der Waals surface area contributed by atoms with Gasteiger partial charge < -0.3 is 21.3 Å². The third kappa shape index (κ3) is 1.97. The number of nitrogens with two attached hydrogens (primary N) is 2. The van der Waals surface area contributed by atoms with Gasteiger partial charge in [0.25, 0.3) is 0 Å². The molecule has 0 aliphatic rings. The third-order valence-electron chi connectivity index (χ3n) is 2.22. The molecule has 1 rings (SSSR count). The Morgan fingerprint density at radius 2 is 2.14 bits per heavy atom. The Hall–Kier alpha value is -1.26. The molecule has 0 radical (unpaired) electrons.